The minimum Gasteiger partial charge on any atom is -0.493 e. The van der Waals surface area contributed by atoms with Crippen LogP contribution in [0.1, 0.15) is 16.7 Å². The first-order chi connectivity index (χ1) is 18.0. The lowest BCUT2D eigenvalue weighted by Gasteiger charge is -2.11. The lowest BCUT2D eigenvalue weighted by atomic mass is 10.1. The highest BCUT2D eigenvalue weighted by Crippen LogP contribution is 2.32. The molecule has 0 amide bonds. The van der Waals surface area contributed by atoms with Gasteiger partial charge in [-0.15, -0.1) is 10.2 Å². The molecular weight excluding hydrogens is 490 g/mol. The van der Waals surface area contributed by atoms with E-state index in [0.29, 0.717) is 50.5 Å². The van der Waals surface area contributed by atoms with Crippen LogP contribution in [-0.2, 0) is 6.61 Å². The molecule has 0 aliphatic heterocycles. The highest BCUT2D eigenvalue weighted by molar-refractivity contribution is 7.15. The number of benzene rings is 3. The maximum absolute atomic E-state index is 13.3. The summed E-state index contributed by atoms with van der Waals surface area (Å²) < 4.78 is 24.3. The van der Waals surface area contributed by atoms with Gasteiger partial charge in [-0.2, -0.15) is 0 Å². The van der Waals surface area contributed by atoms with Crippen LogP contribution in [0, 0.1) is 6.92 Å². The molecule has 0 N–H and O–H groups in total. The van der Waals surface area contributed by atoms with E-state index in [4.69, 9.17) is 18.9 Å². The first kappa shape index (κ1) is 24.3. The van der Waals surface area contributed by atoms with Crippen LogP contribution in [0.3, 0.4) is 0 Å². The third kappa shape index (κ3) is 4.85. The fourth-order valence-electron chi connectivity index (χ4n) is 3.91. The Bertz CT molecular complexity index is 1680. The molecule has 9 heteroatoms. The molecule has 2 aromatic heterocycles. The first-order valence-electron chi connectivity index (χ1n) is 11.5. The van der Waals surface area contributed by atoms with E-state index in [2.05, 4.69) is 29.3 Å². The van der Waals surface area contributed by atoms with Gasteiger partial charge >= 0.3 is 0 Å². The molecule has 5 aromatic rings. The Morgan fingerprint density at radius 1 is 0.838 bits per heavy atom. The van der Waals surface area contributed by atoms with E-state index in [1.807, 2.05) is 42.5 Å². The predicted molar refractivity (Wildman–Crippen MR) is 143 cm³/mol. The Kier molecular flexibility index (Phi) is 6.78. The maximum Gasteiger partial charge on any atom is 0.276 e. The highest BCUT2D eigenvalue weighted by atomic mass is 32.1. The van der Waals surface area contributed by atoms with Gasteiger partial charge in [0.15, 0.2) is 28.8 Å². The Balaban J connectivity index is 1.46. The van der Waals surface area contributed by atoms with Gasteiger partial charge in [0.05, 0.1) is 25.9 Å². The number of ether oxygens (including phenoxy) is 4. The van der Waals surface area contributed by atoms with E-state index in [1.165, 1.54) is 21.3 Å². The van der Waals surface area contributed by atoms with E-state index in [1.54, 1.807) is 33.5 Å². The van der Waals surface area contributed by atoms with Crippen LogP contribution in [-0.4, -0.2) is 35.9 Å². The zero-order valence-electron chi connectivity index (χ0n) is 20.8. The van der Waals surface area contributed by atoms with E-state index < -0.39 is 0 Å². The smallest absolute Gasteiger partial charge is 0.276 e. The molecule has 0 saturated carbocycles. The molecule has 0 aliphatic carbocycles. The van der Waals surface area contributed by atoms with Crippen molar-refractivity contribution in [3.05, 3.63) is 92.2 Å². The average Bonchev–Trinajstić information content (AvgIpc) is 3.48. The Morgan fingerprint density at radius 3 is 2.27 bits per heavy atom. The molecule has 0 fully saturated rings. The second kappa shape index (κ2) is 10.3. The monoisotopic (exact) mass is 515 g/mol. The fourth-order valence-corrected chi connectivity index (χ4v) is 4.83. The van der Waals surface area contributed by atoms with Crippen LogP contribution in [0.4, 0.5) is 0 Å². The van der Waals surface area contributed by atoms with Gasteiger partial charge < -0.3 is 18.9 Å². The SMILES string of the molecule is COc1ccc(-c2nnc3s/c(=C/c4ccc(OCc5ccc(C)cc5)c(OC)c4)c(=O)n23)cc1OC. The van der Waals surface area contributed by atoms with Crippen molar-refractivity contribution in [3.8, 4) is 34.4 Å². The number of hydrogen-bond donors (Lipinski definition) is 0. The summed E-state index contributed by atoms with van der Waals surface area (Å²) in [6, 6.07) is 19.1. The summed E-state index contributed by atoms with van der Waals surface area (Å²) in [4.78, 5) is 13.8. The van der Waals surface area contributed by atoms with E-state index in [9.17, 15) is 4.79 Å². The third-order valence-electron chi connectivity index (χ3n) is 5.89. The van der Waals surface area contributed by atoms with Crippen molar-refractivity contribution < 1.29 is 18.9 Å². The first-order valence-corrected chi connectivity index (χ1v) is 12.3. The van der Waals surface area contributed by atoms with Gasteiger partial charge in [-0.05, 0) is 54.5 Å². The molecule has 0 radical (unpaired) electrons. The molecule has 0 bridgehead atoms. The molecule has 0 unspecified atom stereocenters. The molecule has 0 aliphatic rings. The highest BCUT2D eigenvalue weighted by Gasteiger charge is 2.16. The number of hydrogen-bond acceptors (Lipinski definition) is 8. The number of rotatable bonds is 8. The van der Waals surface area contributed by atoms with Gasteiger partial charge in [-0.3, -0.25) is 4.79 Å². The van der Waals surface area contributed by atoms with Crippen LogP contribution in [0.5, 0.6) is 23.0 Å². The molecule has 8 nitrogen and oxygen atoms in total. The largest absolute Gasteiger partial charge is 0.493 e. The summed E-state index contributed by atoms with van der Waals surface area (Å²) in [5, 5.41) is 8.45. The Hall–Kier alpha value is -4.37. The van der Waals surface area contributed by atoms with Crippen molar-refractivity contribution >= 4 is 22.4 Å². The molecule has 2 heterocycles. The Morgan fingerprint density at radius 2 is 1.54 bits per heavy atom. The van der Waals surface area contributed by atoms with Gasteiger partial charge in [0.1, 0.15) is 6.61 Å². The number of nitrogens with zero attached hydrogens (tertiary/aromatic N) is 3. The summed E-state index contributed by atoms with van der Waals surface area (Å²) in [6.45, 7) is 2.48. The van der Waals surface area contributed by atoms with Gasteiger partial charge in [-0.25, -0.2) is 4.40 Å². The van der Waals surface area contributed by atoms with Gasteiger partial charge in [0.2, 0.25) is 4.96 Å². The lowest BCUT2D eigenvalue weighted by molar-refractivity contribution is 0.284. The molecule has 37 heavy (non-hydrogen) atoms. The zero-order chi connectivity index (χ0) is 25.9. The molecule has 0 atom stereocenters. The third-order valence-corrected chi connectivity index (χ3v) is 6.85. The van der Waals surface area contributed by atoms with Crippen LogP contribution in [0.15, 0.2) is 65.5 Å². The normalized spacial score (nSPS) is 11.6. The van der Waals surface area contributed by atoms with Crippen molar-refractivity contribution in [3.63, 3.8) is 0 Å². The molecule has 0 spiro atoms. The summed E-state index contributed by atoms with van der Waals surface area (Å²) in [7, 11) is 4.73. The average molecular weight is 516 g/mol. The molecule has 0 saturated heterocycles. The second-order valence-corrected chi connectivity index (χ2v) is 9.32. The maximum atomic E-state index is 13.3. The molecule has 3 aromatic carbocycles. The topological polar surface area (TPSA) is 84.2 Å². The number of methoxy groups -OCH3 is 3. The van der Waals surface area contributed by atoms with Gasteiger partial charge in [-0.1, -0.05) is 47.2 Å². The Labute approximate surface area is 217 Å². The van der Waals surface area contributed by atoms with Crippen molar-refractivity contribution in [2.24, 2.45) is 0 Å². The van der Waals surface area contributed by atoms with E-state index in [-0.39, 0.29) is 5.56 Å². The summed E-state index contributed by atoms with van der Waals surface area (Å²) >= 11 is 1.27. The van der Waals surface area contributed by atoms with Crippen molar-refractivity contribution in [1.82, 2.24) is 14.6 Å². The lowest BCUT2D eigenvalue weighted by Crippen LogP contribution is -2.23. The number of aromatic nitrogens is 3. The number of thiazole rings is 1. The van der Waals surface area contributed by atoms with Crippen LogP contribution < -0.4 is 29.0 Å². The predicted octanol–water partition coefficient (Wildman–Crippen LogP) is 4.28. The quantitative estimate of drug-likeness (QED) is 0.305. The summed E-state index contributed by atoms with van der Waals surface area (Å²) in [6.07, 6.45) is 1.81. The molecule has 5 rings (SSSR count). The van der Waals surface area contributed by atoms with E-state index in [0.717, 1.165) is 11.1 Å². The van der Waals surface area contributed by atoms with Crippen LogP contribution >= 0.6 is 11.3 Å². The fraction of sp³-hybridized carbons (Fsp3) is 0.179. The van der Waals surface area contributed by atoms with Crippen LogP contribution in [0.25, 0.3) is 22.4 Å². The summed E-state index contributed by atoms with van der Waals surface area (Å²) in [5.41, 5.74) is 3.57. The second-order valence-electron chi connectivity index (χ2n) is 8.31. The van der Waals surface area contributed by atoms with Crippen molar-refractivity contribution in [2.75, 3.05) is 21.3 Å². The zero-order valence-corrected chi connectivity index (χ0v) is 21.7. The number of fused-ring (bicyclic) bond motifs is 1. The standard InChI is InChI=1S/C28H25N3O5S/c1-17-5-7-18(8-6-17)16-36-22-11-9-19(13-23(22)34-3)14-25-27(32)31-26(29-30-28(31)37-25)20-10-12-21(33-2)24(15-20)35-4/h5-15H,16H2,1-4H3/b25-14+. The molecule has 188 valence electrons. The minimum atomic E-state index is -0.201. The van der Waals surface area contributed by atoms with Crippen molar-refractivity contribution in [1.29, 1.82) is 0 Å². The summed E-state index contributed by atoms with van der Waals surface area (Å²) in [5.74, 6) is 2.79. The van der Waals surface area contributed by atoms with Gasteiger partial charge in [0.25, 0.3) is 5.56 Å². The van der Waals surface area contributed by atoms with Gasteiger partial charge in [0, 0.05) is 5.56 Å². The number of aryl methyl sites for hydroxylation is 1. The molecular formula is C28H25N3O5S. The van der Waals surface area contributed by atoms with E-state index >= 15 is 0 Å². The van der Waals surface area contributed by atoms with Crippen molar-refractivity contribution in [2.45, 2.75) is 13.5 Å². The minimum absolute atomic E-state index is 0.201. The van der Waals surface area contributed by atoms with Crippen LogP contribution in [0.2, 0.25) is 0 Å².